The summed E-state index contributed by atoms with van der Waals surface area (Å²) in [7, 11) is 2.07. The number of hydrogen-bond acceptors (Lipinski definition) is 10. The van der Waals surface area contributed by atoms with Gasteiger partial charge in [-0.15, -0.1) is 0 Å². The van der Waals surface area contributed by atoms with Crippen molar-refractivity contribution in [1.29, 1.82) is 5.26 Å². The van der Waals surface area contributed by atoms with Crippen molar-refractivity contribution in [2.45, 2.75) is 45.2 Å². The molecule has 2 aliphatic rings. The number of carbonyl (C=O) groups excluding carboxylic acids is 1. The maximum absolute atomic E-state index is 14.3. The molecule has 4 aromatic rings. The van der Waals surface area contributed by atoms with E-state index in [1.165, 1.54) is 6.08 Å². The fourth-order valence-electron chi connectivity index (χ4n) is 6.19. The van der Waals surface area contributed by atoms with Crippen molar-refractivity contribution < 1.29 is 9.53 Å². The van der Waals surface area contributed by atoms with Gasteiger partial charge in [-0.3, -0.25) is 19.3 Å². The van der Waals surface area contributed by atoms with E-state index in [9.17, 15) is 14.9 Å². The Balaban J connectivity index is 1.49. The molecule has 2 fully saturated rings. The molecular weight excluding hydrogens is 548 g/mol. The number of aryl methyl sites for hydroxylation is 2. The number of piperazine rings is 1. The maximum atomic E-state index is 14.3. The Labute approximate surface area is 248 Å². The first kappa shape index (κ1) is 28.3. The largest absolute Gasteiger partial charge is 0.462 e. The Morgan fingerprint density at radius 1 is 1.19 bits per heavy atom. The SMILES string of the molecule is C=CC(=O)N1CCN(c2nc(OCC3CCCN3C)nc3c(=O)n(-c4c(C)ccc5[nH]ncc45)c(C)nc23)C[C@@H]1CC#N. The summed E-state index contributed by atoms with van der Waals surface area (Å²) in [5, 5.41) is 17.5. The molecule has 0 spiro atoms. The van der Waals surface area contributed by atoms with Crippen LogP contribution in [0.2, 0.25) is 0 Å². The van der Waals surface area contributed by atoms with E-state index in [4.69, 9.17) is 14.7 Å². The highest BCUT2D eigenvalue weighted by Gasteiger charge is 2.32. The molecule has 222 valence electrons. The fourth-order valence-corrected chi connectivity index (χ4v) is 6.19. The number of hydrogen-bond donors (Lipinski definition) is 1. The molecule has 2 atom stereocenters. The van der Waals surface area contributed by atoms with Gasteiger partial charge in [-0.05, 0) is 58.0 Å². The van der Waals surface area contributed by atoms with Gasteiger partial charge in [0.2, 0.25) is 5.91 Å². The van der Waals surface area contributed by atoms with Crippen molar-refractivity contribution in [2.24, 2.45) is 0 Å². The zero-order chi connectivity index (χ0) is 30.2. The lowest BCUT2D eigenvalue weighted by atomic mass is 10.1. The average Bonchev–Trinajstić information content (AvgIpc) is 3.65. The molecule has 0 radical (unpaired) electrons. The second-order valence-corrected chi connectivity index (χ2v) is 11.2. The number of rotatable bonds is 7. The summed E-state index contributed by atoms with van der Waals surface area (Å²) in [5.74, 6) is 0.686. The van der Waals surface area contributed by atoms with Crippen LogP contribution in [0.4, 0.5) is 5.82 Å². The lowest BCUT2D eigenvalue weighted by Gasteiger charge is -2.40. The maximum Gasteiger partial charge on any atom is 0.319 e. The summed E-state index contributed by atoms with van der Waals surface area (Å²) in [4.78, 5) is 47.0. The number of likely N-dealkylation sites (N-methyl/N-ethyl adjacent to an activating group) is 1. The number of nitrogens with one attached hydrogen (secondary N) is 1. The minimum absolute atomic E-state index is 0.0942. The molecule has 6 rings (SSSR count). The van der Waals surface area contributed by atoms with E-state index in [1.54, 1.807) is 22.6 Å². The molecule has 5 heterocycles. The number of H-pyrrole nitrogens is 1. The van der Waals surface area contributed by atoms with Crippen molar-refractivity contribution >= 4 is 33.7 Å². The topological polar surface area (TPSA) is 149 Å². The number of ether oxygens (including phenoxy) is 1. The van der Waals surface area contributed by atoms with Crippen molar-refractivity contribution in [3.63, 3.8) is 0 Å². The number of aromatic nitrogens is 6. The van der Waals surface area contributed by atoms with Gasteiger partial charge >= 0.3 is 6.01 Å². The standard InChI is InChI=1S/C30H34N10O3/c1-5-24(41)39-14-13-38(16-20(39)10-11-31)28-25-26(34-30(35-28)43-17-21-7-6-12-37(21)4)29(42)40(19(3)33-25)27-18(2)8-9-23-22(27)15-32-36-23/h5,8-9,15,20-21H,1,6-7,10,12-14,16-17H2,2-4H3,(H,32,36)/t20-,21?/m0/s1. The smallest absolute Gasteiger partial charge is 0.319 e. The number of benzene rings is 1. The Kier molecular flexibility index (Phi) is 7.53. The molecule has 0 bridgehead atoms. The predicted octanol–water partition coefficient (Wildman–Crippen LogP) is 2.26. The van der Waals surface area contributed by atoms with E-state index >= 15 is 0 Å². The van der Waals surface area contributed by atoms with Gasteiger partial charge in [-0.2, -0.15) is 20.3 Å². The number of amides is 1. The third-order valence-electron chi connectivity index (χ3n) is 8.51. The van der Waals surface area contributed by atoms with Crippen LogP contribution in [0.25, 0.3) is 27.6 Å². The van der Waals surface area contributed by atoms with Crippen molar-refractivity contribution in [2.75, 3.05) is 44.7 Å². The summed E-state index contributed by atoms with van der Waals surface area (Å²) < 4.78 is 7.72. The quantitative estimate of drug-likeness (QED) is 0.322. The Morgan fingerprint density at radius 3 is 2.77 bits per heavy atom. The van der Waals surface area contributed by atoms with Gasteiger partial charge < -0.3 is 19.4 Å². The van der Waals surface area contributed by atoms with Crippen LogP contribution in [-0.4, -0.2) is 97.3 Å². The molecule has 0 aliphatic carbocycles. The van der Waals surface area contributed by atoms with Crippen molar-refractivity contribution in [1.82, 2.24) is 39.5 Å². The first-order valence-corrected chi connectivity index (χ1v) is 14.4. The molecule has 1 aromatic carbocycles. The number of nitrogens with zero attached hydrogens (tertiary/aromatic N) is 9. The molecule has 1 amide bonds. The number of likely N-dealkylation sites (tertiary alicyclic amines) is 1. The van der Waals surface area contributed by atoms with Gasteiger partial charge in [-0.1, -0.05) is 12.6 Å². The van der Waals surface area contributed by atoms with Crippen LogP contribution in [0.3, 0.4) is 0 Å². The lowest BCUT2D eigenvalue weighted by molar-refractivity contribution is -0.128. The van der Waals surface area contributed by atoms with E-state index in [0.717, 1.165) is 35.9 Å². The lowest BCUT2D eigenvalue weighted by Crippen LogP contribution is -2.55. The second-order valence-electron chi connectivity index (χ2n) is 11.2. The highest BCUT2D eigenvalue weighted by atomic mass is 16.5. The van der Waals surface area contributed by atoms with Gasteiger partial charge in [0.05, 0.1) is 35.9 Å². The van der Waals surface area contributed by atoms with Crippen LogP contribution in [0.5, 0.6) is 6.01 Å². The number of nitriles is 1. The fraction of sp³-hybridized carbons (Fsp3) is 0.433. The Morgan fingerprint density at radius 2 is 2.02 bits per heavy atom. The van der Waals surface area contributed by atoms with Crippen molar-refractivity contribution in [3.8, 4) is 17.8 Å². The van der Waals surface area contributed by atoms with E-state index in [-0.39, 0.29) is 41.5 Å². The van der Waals surface area contributed by atoms with Crippen LogP contribution in [0.1, 0.15) is 30.7 Å². The molecule has 2 saturated heterocycles. The molecule has 13 heteroatoms. The van der Waals surface area contributed by atoms with E-state index < -0.39 is 0 Å². The third kappa shape index (κ3) is 5.08. The number of aromatic amines is 1. The van der Waals surface area contributed by atoms with Gasteiger partial charge in [-0.25, -0.2) is 4.98 Å². The van der Waals surface area contributed by atoms with Gasteiger partial charge in [0.25, 0.3) is 5.56 Å². The first-order valence-electron chi connectivity index (χ1n) is 14.4. The van der Waals surface area contributed by atoms with Crippen LogP contribution in [0.15, 0.2) is 35.8 Å². The van der Waals surface area contributed by atoms with Crippen LogP contribution in [0, 0.1) is 25.2 Å². The zero-order valence-electron chi connectivity index (χ0n) is 24.6. The number of carbonyl (C=O) groups is 1. The molecule has 0 saturated carbocycles. The van der Waals surface area contributed by atoms with E-state index in [0.29, 0.717) is 49.1 Å². The van der Waals surface area contributed by atoms with Gasteiger partial charge in [0, 0.05) is 31.1 Å². The minimum Gasteiger partial charge on any atom is -0.462 e. The number of anilines is 1. The molecule has 1 unspecified atom stereocenters. The molecular formula is C30H34N10O3. The molecule has 43 heavy (non-hydrogen) atoms. The first-order chi connectivity index (χ1) is 20.8. The highest BCUT2D eigenvalue weighted by Crippen LogP contribution is 2.29. The molecule has 13 nitrogen and oxygen atoms in total. The summed E-state index contributed by atoms with van der Waals surface area (Å²) in [6.45, 7) is 9.85. The van der Waals surface area contributed by atoms with E-state index in [2.05, 4.69) is 39.8 Å². The molecule has 2 aliphatic heterocycles. The summed E-state index contributed by atoms with van der Waals surface area (Å²) >= 11 is 0. The van der Waals surface area contributed by atoms with Crippen LogP contribution in [-0.2, 0) is 4.79 Å². The third-order valence-corrected chi connectivity index (χ3v) is 8.51. The Bertz CT molecular complexity index is 1820. The number of fused-ring (bicyclic) bond motifs is 2. The molecule has 3 aromatic heterocycles. The summed E-state index contributed by atoms with van der Waals surface area (Å²) in [6.07, 6.45) is 5.21. The summed E-state index contributed by atoms with van der Waals surface area (Å²) in [5.41, 5.74) is 2.50. The zero-order valence-corrected chi connectivity index (χ0v) is 24.6. The Hall–Kier alpha value is -4.83. The summed E-state index contributed by atoms with van der Waals surface area (Å²) in [6, 6.07) is 5.99. The molecule has 1 N–H and O–H groups in total. The van der Waals surface area contributed by atoms with Gasteiger partial charge in [0.15, 0.2) is 11.3 Å². The van der Waals surface area contributed by atoms with E-state index in [1.807, 2.05) is 24.0 Å². The van der Waals surface area contributed by atoms with Crippen molar-refractivity contribution in [3.05, 3.63) is 52.7 Å². The monoisotopic (exact) mass is 582 g/mol. The minimum atomic E-state index is -0.381. The predicted molar refractivity (Wildman–Crippen MR) is 161 cm³/mol. The van der Waals surface area contributed by atoms with Crippen LogP contribution < -0.4 is 15.2 Å². The second kappa shape index (κ2) is 11.4. The van der Waals surface area contributed by atoms with Gasteiger partial charge in [0.1, 0.15) is 17.9 Å². The highest BCUT2D eigenvalue weighted by molar-refractivity contribution is 5.91. The average molecular weight is 583 g/mol. The normalized spacial score (nSPS) is 19.2. The van der Waals surface area contributed by atoms with Crippen LogP contribution >= 0.6 is 0 Å².